The number of hydrogen-bond donors (Lipinski definition) is 1. The van der Waals surface area contributed by atoms with Crippen molar-refractivity contribution in [3.8, 4) is 0 Å². The Balaban J connectivity index is 3.05. The van der Waals surface area contributed by atoms with Gasteiger partial charge in [-0.1, -0.05) is 0 Å². The van der Waals surface area contributed by atoms with Crippen LogP contribution in [0.15, 0.2) is 18.2 Å². The first kappa shape index (κ1) is 11.0. The molecule has 0 radical (unpaired) electrons. The molecule has 0 bridgehead atoms. The van der Waals surface area contributed by atoms with E-state index in [9.17, 15) is 17.6 Å². The molecule has 0 aliphatic carbocycles. The summed E-state index contributed by atoms with van der Waals surface area (Å²) in [4.78, 5) is 0. The molecule has 1 nitrogen and oxygen atoms in total. The minimum atomic E-state index is -3.41. The van der Waals surface area contributed by atoms with E-state index < -0.39 is 36.1 Å². The number of rotatable bonds is 3. The average molecular weight is 208 g/mol. The Labute approximate surface area is 78.0 Å². The highest BCUT2D eigenvalue weighted by molar-refractivity contribution is 5.22. The summed E-state index contributed by atoms with van der Waals surface area (Å²) in [6, 6.07) is 1.62. The van der Waals surface area contributed by atoms with E-state index in [0.29, 0.717) is 18.2 Å². The van der Waals surface area contributed by atoms with Gasteiger partial charge in [-0.2, -0.15) is 0 Å². The number of benzene rings is 1. The molecule has 14 heavy (non-hydrogen) atoms. The van der Waals surface area contributed by atoms with Crippen LogP contribution in [0.1, 0.15) is 12.0 Å². The zero-order valence-electron chi connectivity index (χ0n) is 7.11. The van der Waals surface area contributed by atoms with Gasteiger partial charge in [0.25, 0.3) is 5.92 Å². The van der Waals surface area contributed by atoms with Gasteiger partial charge < -0.3 is 5.11 Å². The lowest BCUT2D eigenvalue weighted by atomic mass is 10.1. The lowest BCUT2D eigenvalue weighted by Crippen LogP contribution is -2.15. The minimum absolute atomic E-state index is 0.512. The highest BCUT2D eigenvalue weighted by Gasteiger charge is 2.31. The van der Waals surface area contributed by atoms with Crippen LogP contribution < -0.4 is 0 Å². The second-order valence-corrected chi connectivity index (χ2v) is 2.84. The Morgan fingerprint density at radius 1 is 1.07 bits per heavy atom. The van der Waals surface area contributed by atoms with Crippen molar-refractivity contribution in [1.82, 2.24) is 0 Å². The van der Waals surface area contributed by atoms with Gasteiger partial charge in [0.2, 0.25) is 0 Å². The molecule has 5 heteroatoms. The summed E-state index contributed by atoms with van der Waals surface area (Å²) in [6.45, 7) is -0.745. The van der Waals surface area contributed by atoms with Crippen LogP contribution in [0.3, 0.4) is 0 Å². The van der Waals surface area contributed by atoms with Gasteiger partial charge in [0.05, 0.1) is 0 Å². The molecule has 0 aliphatic heterocycles. The summed E-state index contributed by atoms with van der Waals surface area (Å²) in [5.41, 5.74) is -0.760. The molecule has 0 aromatic heterocycles. The summed E-state index contributed by atoms with van der Waals surface area (Å²) in [5, 5.41) is 8.33. The van der Waals surface area contributed by atoms with Gasteiger partial charge in [0.15, 0.2) is 0 Å². The van der Waals surface area contributed by atoms with Crippen LogP contribution in [0.25, 0.3) is 0 Å². The third-order valence-electron chi connectivity index (χ3n) is 1.71. The Morgan fingerprint density at radius 3 is 2.00 bits per heavy atom. The second kappa shape index (κ2) is 3.96. The Kier molecular flexibility index (Phi) is 3.10. The van der Waals surface area contributed by atoms with Crippen molar-refractivity contribution >= 4 is 0 Å². The summed E-state index contributed by atoms with van der Waals surface area (Å²) >= 11 is 0. The van der Waals surface area contributed by atoms with Crippen molar-refractivity contribution in [2.45, 2.75) is 12.3 Å². The van der Waals surface area contributed by atoms with Gasteiger partial charge in [-0.15, -0.1) is 0 Å². The summed E-state index contributed by atoms with van der Waals surface area (Å²) in [5.74, 6) is -5.52. The topological polar surface area (TPSA) is 20.2 Å². The Hall–Kier alpha value is -1.10. The molecule has 0 fully saturated rings. The minimum Gasteiger partial charge on any atom is -0.396 e. The molecule has 0 aliphatic rings. The van der Waals surface area contributed by atoms with Crippen molar-refractivity contribution < 1.29 is 22.7 Å². The van der Waals surface area contributed by atoms with Crippen molar-refractivity contribution in [2.24, 2.45) is 0 Å². The van der Waals surface area contributed by atoms with Gasteiger partial charge in [-0.05, 0) is 12.1 Å². The van der Waals surface area contributed by atoms with Gasteiger partial charge in [0, 0.05) is 24.7 Å². The van der Waals surface area contributed by atoms with Crippen molar-refractivity contribution in [1.29, 1.82) is 0 Å². The fourth-order valence-corrected chi connectivity index (χ4v) is 1.05. The number of aliphatic hydroxyl groups is 1. The third-order valence-corrected chi connectivity index (χ3v) is 1.71. The number of halogens is 4. The van der Waals surface area contributed by atoms with Crippen LogP contribution >= 0.6 is 0 Å². The molecule has 0 saturated carbocycles. The van der Waals surface area contributed by atoms with Crippen molar-refractivity contribution in [3.05, 3.63) is 35.4 Å². The van der Waals surface area contributed by atoms with Crippen LogP contribution in [0.4, 0.5) is 17.6 Å². The number of aliphatic hydroxyl groups excluding tert-OH is 1. The molecule has 1 aromatic carbocycles. The lowest BCUT2D eigenvalue weighted by molar-refractivity contribution is -0.0274. The summed E-state index contributed by atoms with van der Waals surface area (Å²) in [7, 11) is 0. The fraction of sp³-hybridized carbons (Fsp3) is 0.333. The summed E-state index contributed by atoms with van der Waals surface area (Å²) < 4.78 is 51.2. The normalized spacial score (nSPS) is 11.8. The molecule has 0 unspecified atom stereocenters. The van der Waals surface area contributed by atoms with Gasteiger partial charge in [-0.3, -0.25) is 0 Å². The average Bonchev–Trinajstić information content (AvgIpc) is 2.02. The molecule has 0 saturated heterocycles. The van der Waals surface area contributed by atoms with Crippen molar-refractivity contribution in [3.63, 3.8) is 0 Å². The molecule has 0 amide bonds. The van der Waals surface area contributed by atoms with Crippen LogP contribution in [-0.2, 0) is 5.92 Å². The molecule has 1 rings (SSSR count). The van der Waals surface area contributed by atoms with Crippen molar-refractivity contribution in [2.75, 3.05) is 6.61 Å². The van der Waals surface area contributed by atoms with Gasteiger partial charge in [-0.25, -0.2) is 17.6 Å². The van der Waals surface area contributed by atoms with Crippen LogP contribution in [0, 0.1) is 11.6 Å². The molecule has 0 atom stereocenters. The van der Waals surface area contributed by atoms with Crippen LogP contribution in [0.5, 0.6) is 0 Å². The molecular weight excluding hydrogens is 200 g/mol. The molecular formula is C9H8F4O. The lowest BCUT2D eigenvalue weighted by Gasteiger charge is -2.15. The molecule has 1 N–H and O–H groups in total. The largest absolute Gasteiger partial charge is 0.396 e. The Morgan fingerprint density at radius 2 is 1.57 bits per heavy atom. The zero-order valence-corrected chi connectivity index (χ0v) is 7.11. The third kappa shape index (κ3) is 2.45. The standard InChI is InChI=1S/C9H8F4O/c10-7-3-6(4-8(11)5-7)9(12,13)1-2-14/h3-5,14H,1-2H2. The Bertz CT molecular complexity index is 304. The zero-order chi connectivity index (χ0) is 10.8. The highest BCUT2D eigenvalue weighted by Crippen LogP contribution is 2.31. The van der Waals surface area contributed by atoms with Gasteiger partial charge >= 0.3 is 0 Å². The van der Waals surface area contributed by atoms with Crippen LogP contribution in [-0.4, -0.2) is 11.7 Å². The van der Waals surface area contributed by atoms with Gasteiger partial charge in [0.1, 0.15) is 11.6 Å². The smallest absolute Gasteiger partial charge is 0.275 e. The maximum atomic E-state index is 13.0. The first-order valence-corrected chi connectivity index (χ1v) is 3.91. The molecule has 0 spiro atoms. The predicted molar refractivity (Wildman–Crippen MR) is 42.0 cm³/mol. The molecule has 0 heterocycles. The highest BCUT2D eigenvalue weighted by atomic mass is 19.3. The van der Waals surface area contributed by atoms with Crippen LogP contribution in [0.2, 0.25) is 0 Å². The van der Waals surface area contributed by atoms with E-state index in [0.717, 1.165) is 0 Å². The maximum absolute atomic E-state index is 13.0. The maximum Gasteiger partial charge on any atom is 0.275 e. The van der Waals surface area contributed by atoms with E-state index in [1.54, 1.807) is 0 Å². The SMILES string of the molecule is OCCC(F)(F)c1cc(F)cc(F)c1. The van der Waals surface area contributed by atoms with E-state index in [-0.39, 0.29) is 0 Å². The first-order chi connectivity index (χ1) is 6.45. The second-order valence-electron chi connectivity index (χ2n) is 2.84. The predicted octanol–water partition coefficient (Wildman–Crippen LogP) is 2.44. The monoisotopic (exact) mass is 208 g/mol. The number of alkyl halides is 2. The fourth-order valence-electron chi connectivity index (χ4n) is 1.05. The van der Waals surface area contributed by atoms with E-state index in [1.807, 2.05) is 0 Å². The van der Waals surface area contributed by atoms with E-state index in [1.165, 1.54) is 0 Å². The summed E-state index contributed by atoms with van der Waals surface area (Å²) in [6.07, 6.45) is -0.851. The van der Waals surface area contributed by atoms with E-state index >= 15 is 0 Å². The van der Waals surface area contributed by atoms with E-state index in [2.05, 4.69) is 0 Å². The van der Waals surface area contributed by atoms with E-state index in [4.69, 9.17) is 5.11 Å². The first-order valence-electron chi connectivity index (χ1n) is 3.91. The molecule has 78 valence electrons. The number of hydrogen-bond acceptors (Lipinski definition) is 1. The molecule has 1 aromatic rings. The quantitative estimate of drug-likeness (QED) is 0.756.